The Bertz CT molecular complexity index is 522. The molecule has 96 valence electrons. The van der Waals surface area contributed by atoms with E-state index in [2.05, 4.69) is 26.6 Å². The van der Waals surface area contributed by atoms with Gasteiger partial charge in [0.25, 0.3) is 5.56 Å². The van der Waals surface area contributed by atoms with Crippen LogP contribution in [0.4, 0.5) is 4.79 Å². The predicted molar refractivity (Wildman–Crippen MR) is 60.2 cm³/mol. The molecule has 8 nitrogen and oxygen atoms in total. The third-order valence-electron chi connectivity index (χ3n) is 1.81. The molecule has 0 saturated carbocycles. The second kappa shape index (κ2) is 6.18. The average molecular weight is 253 g/mol. The summed E-state index contributed by atoms with van der Waals surface area (Å²) >= 11 is 0. The summed E-state index contributed by atoms with van der Waals surface area (Å²) in [5, 5.41) is 10.9. The summed E-state index contributed by atoms with van der Waals surface area (Å²) in [6, 6.07) is 0. The Kier molecular flexibility index (Phi) is 4.61. The molecule has 0 fully saturated rings. The first kappa shape index (κ1) is 13.4. The quantitative estimate of drug-likeness (QED) is 0.629. The van der Waals surface area contributed by atoms with Crippen LogP contribution in [0.3, 0.4) is 0 Å². The minimum absolute atomic E-state index is 0.0632. The lowest BCUT2D eigenvalue weighted by Crippen LogP contribution is -2.27. The van der Waals surface area contributed by atoms with Gasteiger partial charge in [0.15, 0.2) is 0 Å². The van der Waals surface area contributed by atoms with Crippen LogP contribution in [0, 0.1) is 0 Å². The van der Waals surface area contributed by atoms with E-state index >= 15 is 0 Å². The topological polar surface area (TPSA) is 121 Å². The minimum Gasteiger partial charge on any atom is -0.477 e. The van der Waals surface area contributed by atoms with Crippen molar-refractivity contribution in [3.8, 4) is 0 Å². The number of rotatable bonds is 5. The van der Waals surface area contributed by atoms with Gasteiger partial charge in [-0.2, -0.15) is 0 Å². The van der Waals surface area contributed by atoms with E-state index in [-0.39, 0.29) is 19.0 Å². The van der Waals surface area contributed by atoms with Crippen molar-refractivity contribution in [3.05, 3.63) is 40.6 Å². The van der Waals surface area contributed by atoms with Crippen LogP contribution >= 0.6 is 0 Å². The third kappa shape index (κ3) is 3.74. The molecule has 1 heterocycles. The average Bonchev–Trinajstić information content (AvgIpc) is 2.33. The van der Waals surface area contributed by atoms with Crippen molar-refractivity contribution in [1.29, 1.82) is 0 Å². The molecule has 0 bridgehead atoms. The summed E-state index contributed by atoms with van der Waals surface area (Å²) in [6.07, 6.45) is 1.63. The van der Waals surface area contributed by atoms with Crippen molar-refractivity contribution in [3.63, 3.8) is 0 Å². The number of aromatic amines is 1. The number of nitrogens with one attached hydrogen (secondary N) is 2. The SMILES string of the molecule is C=CCOC(=O)NCc1ncc(C(=O)O)c(=O)[nH]1. The number of ether oxygens (including phenoxy) is 1. The molecule has 0 atom stereocenters. The van der Waals surface area contributed by atoms with Gasteiger partial charge in [0, 0.05) is 6.20 Å². The number of nitrogens with zero attached hydrogens (tertiary/aromatic N) is 1. The predicted octanol–water partition coefficient (Wildman–Crippen LogP) is -0.120. The number of aromatic carboxylic acids is 1. The van der Waals surface area contributed by atoms with E-state index < -0.39 is 23.2 Å². The van der Waals surface area contributed by atoms with Gasteiger partial charge in [0.1, 0.15) is 18.0 Å². The molecule has 1 aromatic heterocycles. The summed E-state index contributed by atoms with van der Waals surface area (Å²) in [4.78, 5) is 38.8. The molecule has 0 unspecified atom stereocenters. The zero-order chi connectivity index (χ0) is 13.5. The molecular formula is C10H11N3O5. The van der Waals surface area contributed by atoms with Crippen molar-refractivity contribution in [2.24, 2.45) is 0 Å². The molecule has 3 N–H and O–H groups in total. The highest BCUT2D eigenvalue weighted by Gasteiger charge is 2.10. The van der Waals surface area contributed by atoms with Gasteiger partial charge in [-0.3, -0.25) is 4.79 Å². The maximum absolute atomic E-state index is 11.3. The zero-order valence-electron chi connectivity index (χ0n) is 9.30. The highest BCUT2D eigenvalue weighted by Crippen LogP contribution is 1.90. The highest BCUT2D eigenvalue weighted by atomic mass is 16.5. The molecule has 1 rings (SSSR count). The van der Waals surface area contributed by atoms with Gasteiger partial charge in [-0.1, -0.05) is 12.7 Å². The second-order valence-corrected chi connectivity index (χ2v) is 3.12. The molecule has 0 aromatic carbocycles. The number of hydrogen-bond acceptors (Lipinski definition) is 5. The summed E-state index contributed by atoms with van der Waals surface area (Å²) in [5.74, 6) is -1.24. The van der Waals surface area contributed by atoms with Crippen LogP contribution in [0.2, 0.25) is 0 Å². The van der Waals surface area contributed by atoms with Gasteiger partial charge < -0.3 is 20.1 Å². The molecule has 0 spiro atoms. The molecule has 0 aliphatic carbocycles. The lowest BCUT2D eigenvalue weighted by molar-refractivity contribution is 0.0694. The number of amides is 1. The Hall–Kier alpha value is -2.64. The number of carboxylic acids is 1. The van der Waals surface area contributed by atoms with Crippen LogP contribution in [0.5, 0.6) is 0 Å². The van der Waals surface area contributed by atoms with E-state index in [4.69, 9.17) is 5.11 Å². The molecular weight excluding hydrogens is 242 g/mol. The molecule has 0 aliphatic rings. The molecule has 8 heteroatoms. The van der Waals surface area contributed by atoms with E-state index in [9.17, 15) is 14.4 Å². The number of H-pyrrole nitrogens is 1. The van der Waals surface area contributed by atoms with Crippen LogP contribution in [-0.2, 0) is 11.3 Å². The fraction of sp³-hybridized carbons (Fsp3) is 0.200. The lowest BCUT2D eigenvalue weighted by Gasteiger charge is -2.04. The zero-order valence-corrected chi connectivity index (χ0v) is 9.30. The monoisotopic (exact) mass is 253 g/mol. The molecule has 1 aromatic rings. The van der Waals surface area contributed by atoms with Gasteiger partial charge in [-0.15, -0.1) is 0 Å². The van der Waals surface area contributed by atoms with Gasteiger partial charge in [-0.05, 0) is 0 Å². The van der Waals surface area contributed by atoms with Crippen LogP contribution in [0.15, 0.2) is 23.6 Å². The van der Waals surface area contributed by atoms with E-state index in [0.29, 0.717) is 0 Å². The van der Waals surface area contributed by atoms with E-state index in [1.54, 1.807) is 0 Å². The molecule has 18 heavy (non-hydrogen) atoms. The number of carbonyl (C=O) groups excluding carboxylic acids is 1. The first-order valence-electron chi connectivity index (χ1n) is 4.87. The molecule has 0 aliphatic heterocycles. The third-order valence-corrected chi connectivity index (χ3v) is 1.81. The van der Waals surface area contributed by atoms with Crippen molar-refractivity contribution in [2.45, 2.75) is 6.54 Å². The summed E-state index contributed by atoms with van der Waals surface area (Å²) < 4.78 is 4.62. The number of alkyl carbamates (subject to hydrolysis) is 1. The van der Waals surface area contributed by atoms with Crippen molar-refractivity contribution < 1.29 is 19.4 Å². The first-order valence-corrected chi connectivity index (χ1v) is 4.87. The summed E-state index contributed by atoms with van der Waals surface area (Å²) in [6.45, 7) is 3.35. The highest BCUT2D eigenvalue weighted by molar-refractivity contribution is 5.86. The number of hydrogen-bond donors (Lipinski definition) is 3. The van der Waals surface area contributed by atoms with Crippen molar-refractivity contribution in [2.75, 3.05) is 6.61 Å². The lowest BCUT2D eigenvalue weighted by atomic mass is 10.3. The Balaban J connectivity index is 2.61. The molecule has 1 amide bonds. The Labute approximate surface area is 101 Å². The van der Waals surface area contributed by atoms with E-state index in [0.717, 1.165) is 6.20 Å². The van der Waals surface area contributed by atoms with Crippen molar-refractivity contribution >= 4 is 12.1 Å². The molecule has 0 saturated heterocycles. The van der Waals surface area contributed by atoms with Crippen LogP contribution in [-0.4, -0.2) is 33.7 Å². The van der Waals surface area contributed by atoms with Gasteiger partial charge in [0.2, 0.25) is 0 Å². The van der Waals surface area contributed by atoms with Crippen LogP contribution in [0.1, 0.15) is 16.2 Å². The summed E-state index contributed by atoms with van der Waals surface area (Å²) in [5.41, 5.74) is -1.25. The Morgan fingerprint density at radius 2 is 2.33 bits per heavy atom. The van der Waals surface area contributed by atoms with E-state index in [1.807, 2.05) is 0 Å². The minimum atomic E-state index is -1.37. The van der Waals surface area contributed by atoms with E-state index in [1.165, 1.54) is 6.08 Å². The number of aromatic nitrogens is 2. The smallest absolute Gasteiger partial charge is 0.407 e. The normalized spacial score (nSPS) is 9.56. The fourth-order valence-electron chi connectivity index (χ4n) is 1.02. The summed E-state index contributed by atoms with van der Waals surface area (Å²) in [7, 11) is 0. The maximum atomic E-state index is 11.3. The Morgan fingerprint density at radius 3 is 2.89 bits per heavy atom. The fourth-order valence-corrected chi connectivity index (χ4v) is 1.02. The number of carboxylic acid groups (broad SMARTS) is 1. The maximum Gasteiger partial charge on any atom is 0.407 e. The van der Waals surface area contributed by atoms with Crippen LogP contribution in [0.25, 0.3) is 0 Å². The Morgan fingerprint density at radius 1 is 1.61 bits per heavy atom. The van der Waals surface area contributed by atoms with Gasteiger partial charge >= 0.3 is 12.1 Å². The largest absolute Gasteiger partial charge is 0.477 e. The van der Waals surface area contributed by atoms with Crippen molar-refractivity contribution in [1.82, 2.24) is 15.3 Å². The first-order chi connectivity index (χ1) is 8.54. The second-order valence-electron chi connectivity index (χ2n) is 3.12. The van der Waals surface area contributed by atoms with Gasteiger partial charge in [-0.25, -0.2) is 14.6 Å². The molecule has 0 radical (unpaired) electrons. The van der Waals surface area contributed by atoms with Crippen LogP contribution < -0.4 is 10.9 Å². The van der Waals surface area contributed by atoms with Gasteiger partial charge in [0.05, 0.1) is 6.54 Å². The standard InChI is InChI=1S/C10H11N3O5/c1-2-3-18-10(17)12-5-7-11-4-6(9(15)16)8(14)13-7/h2,4H,1,3,5H2,(H,12,17)(H,15,16)(H,11,13,14). The number of carbonyl (C=O) groups is 2.